The Kier molecular flexibility index (Phi) is 3.35. The Morgan fingerprint density at radius 1 is 1.42 bits per heavy atom. The quantitative estimate of drug-likeness (QED) is 0.640. The van der Waals surface area contributed by atoms with E-state index in [-0.39, 0.29) is 0 Å². The van der Waals surface area contributed by atoms with E-state index in [4.69, 9.17) is 5.11 Å². The third-order valence-corrected chi connectivity index (χ3v) is 4.48. The minimum absolute atomic E-state index is 0.580. The topological polar surface area (TPSA) is 68.0 Å². The van der Waals surface area contributed by atoms with Gasteiger partial charge in [-0.3, -0.25) is 0 Å². The fourth-order valence-corrected chi connectivity index (χ4v) is 3.03. The fraction of sp³-hybridized carbons (Fsp3) is 0.615. The van der Waals surface area contributed by atoms with Gasteiger partial charge in [-0.15, -0.1) is 10.2 Å². The van der Waals surface area contributed by atoms with E-state index in [1.165, 1.54) is 31.8 Å². The summed E-state index contributed by atoms with van der Waals surface area (Å²) in [6, 6.07) is 0.580. The maximum Gasteiger partial charge on any atom is 0.328 e. The van der Waals surface area contributed by atoms with Crippen LogP contribution < -0.4 is 0 Å². The number of hydrogen-bond acceptors (Lipinski definition) is 4. The Morgan fingerprint density at radius 3 is 2.74 bits per heavy atom. The maximum absolute atomic E-state index is 10.6. The van der Waals surface area contributed by atoms with Gasteiger partial charge in [0.25, 0.3) is 0 Å². The molecule has 0 aromatic carbocycles. The van der Waals surface area contributed by atoms with Crippen LogP contribution >= 0.6 is 11.8 Å². The van der Waals surface area contributed by atoms with Crippen molar-refractivity contribution in [1.82, 2.24) is 14.8 Å². The molecule has 2 aliphatic carbocycles. The first-order valence-electron chi connectivity index (χ1n) is 6.63. The Labute approximate surface area is 116 Å². The van der Waals surface area contributed by atoms with Crippen LogP contribution in [0, 0.1) is 0 Å². The largest absolute Gasteiger partial charge is 0.478 e. The summed E-state index contributed by atoms with van der Waals surface area (Å²) >= 11 is 1.59. The number of aromatic nitrogens is 3. The molecule has 1 heterocycles. The van der Waals surface area contributed by atoms with Crippen LogP contribution in [0.2, 0.25) is 0 Å². The number of hydrogen-bond donors (Lipinski definition) is 1. The van der Waals surface area contributed by atoms with Crippen LogP contribution in [0.4, 0.5) is 0 Å². The molecule has 0 bridgehead atoms. The maximum atomic E-state index is 10.6. The van der Waals surface area contributed by atoms with Crippen molar-refractivity contribution in [2.75, 3.05) is 5.75 Å². The lowest BCUT2D eigenvalue weighted by Crippen LogP contribution is -2.02. The molecule has 0 unspecified atom stereocenters. The average molecular weight is 279 g/mol. The zero-order chi connectivity index (χ0) is 13.4. The van der Waals surface area contributed by atoms with Crippen molar-refractivity contribution in [1.29, 1.82) is 0 Å². The first kappa shape index (κ1) is 12.7. The summed E-state index contributed by atoms with van der Waals surface area (Å²) in [6.45, 7) is 1.83. The molecule has 1 aromatic rings. The van der Waals surface area contributed by atoms with Gasteiger partial charge >= 0.3 is 5.97 Å². The van der Waals surface area contributed by atoms with Crippen molar-refractivity contribution in [3.63, 3.8) is 0 Å². The van der Waals surface area contributed by atoms with Gasteiger partial charge in [0.2, 0.25) is 0 Å². The average Bonchev–Trinajstić information content (AvgIpc) is 3.24. The Bertz CT molecular complexity index is 530. The molecular weight excluding hydrogens is 262 g/mol. The molecule has 1 N–H and O–H groups in total. The van der Waals surface area contributed by atoms with E-state index in [1.54, 1.807) is 11.8 Å². The summed E-state index contributed by atoms with van der Waals surface area (Å²) in [5.74, 6) is 1.52. The Hall–Kier alpha value is -1.30. The number of nitrogens with zero attached hydrogens (tertiary/aromatic N) is 3. The lowest BCUT2D eigenvalue weighted by Gasteiger charge is -2.07. The predicted molar refractivity (Wildman–Crippen MR) is 72.4 cm³/mol. The third kappa shape index (κ3) is 3.00. The molecule has 2 saturated carbocycles. The molecule has 5 nitrogen and oxygen atoms in total. The van der Waals surface area contributed by atoms with Crippen LogP contribution in [0.15, 0.2) is 16.8 Å². The summed E-state index contributed by atoms with van der Waals surface area (Å²) < 4.78 is 2.29. The van der Waals surface area contributed by atoms with E-state index >= 15 is 0 Å². The molecule has 102 valence electrons. The predicted octanol–water partition coefficient (Wildman–Crippen LogP) is 2.61. The number of carboxylic acid groups (broad SMARTS) is 1. The molecule has 0 amide bonds. The lowest BCUT2D eigenvalue weighted by molar-refractivity contribution is -0.131. The van der Waals surface area contributed by atoms with Gasteiger partial charge in [0.15, 0.2) is 5.16 Å². The molecule has 0 radical (unpaired) electrons. The van der Waals surface area contributed by atoms with Crippen LogP contribution in [0.1, 0.15) is 50.4 Å². The molecule has 0 aliphatic heterocycles. The highest BCUT2D eigenvalue weighted by molar-refractivity contribution is 7.99. The molecule has 0 spiro atoms. The van der Waals surface area contributed by atoms with E-state index in [0.29, 0.717) is 17.7 Å². The van der Waals surface area contributed by atoms with Gasteiger partial charge in [-0.25, -0.2) is 4.79 Å². The minimum Gasteiger partial charge on any atom is -0.478 e. The molecule has 0 saturated heterocycles. The summed E-state index contributed by atoms with van der Waals surface area (Å²) in [5.41, 5.74) is 0.843. The van der Waals surface area contributed by atoms with Gasteiger partial charge in [-0.2, -0.15) is 0 Å². The minimum atomic E-state index is -0.888. The van der Waals surface area contributed by atoms with Crippen LogP contribution in [-0.2, 0) is 4.79 Å². The summed E-state index contributed by atoms with van der Waals surface area (Å²) in [5, 5.41) is 18.3. The summed E-state index contributed by atoms with van der Waals surface area (Å²) in [4.78, 5) is 10.6. The van der Waals surface area contributed by atoms with Crippen molar-refractivity contribution in [2.45, 2.75) is 49.7 Å². The normalized spacial score (nSPS) is 19.7. The summed E-state index contributed by atoms with van der Waals surface area (Å²) in [7, 11) is 0. The molecule has 0 atom stereocenters. The van der Waals surface area contributed by atoms with Gasteiger partial charge in [-0.1, -0.05) is 17.3 Å². The van der Waals surface area contributed by atoms with Gasteiger partial charge < -0.3 is 9.67 Å². The van der Waals surface area contributed by atoms with E-state index in [9.17, 15) is 4.79 Å². The second kappa shape index (κ2) is 5.00. The van der Waals surface area contributed by atoms with Crippen molar-refractivity contribution in [3.05, 3.63) is 17.5 Å². The SMILES string of the molecule is CC(=CC(=O)O)CSc1nnc(C2CC2)n1C1CC1. The molecule has 3 rings (SSSR count). The number of thioether (sulfide) groups is 1. The highest BCUT2D eigenvalue weighted by atomic mass is 32.2. The fourth-order valence-electron chi connectivity index (χ4n) is 2.11. The van der Waals surface area contributed by atoms with Gasteiger partial charge in [-0.05, 0) is 32.6 Å². The second-order valence-electron chi connectivity index (χ2n) is 5.33. The van der Waals surface area contributed by atoms with Crippen LogP contribution in [0.5, 0.6) is 0 Å². The number of carboxylic acids is 1. The van der Waals surface area contributed by atoms with Crippen molar-refractivity contribution in [2.24, 2.45) is 0 Å². The van der Waals surface area contributed by atoms with Gasteiger partial charge in [0.05, 0.1) is 0 Å². The van der Waals surface area contributed by atoms with Crippen molar-refractivity contribution < 1.29 is 9.90 Å². The highest BCUT2D eigenvalue weighted by Crippen LogP contribution is 2.46. The van der Waals surface area contributed by atoms with E-state index in [1.807, 2.05) is 6.92 Å². The molecule has 19 heavy (non-hydrogen) atoms. The smallest absolute Gasteiger partial charge is 0.328 e. The van der Waals surface area contributed by atoms with Crippen molar-refractivity contribution in [3.8, 4) is 0 Å². The lowest BCUT2D eigenvalue weighted by atomic mass is 10.3. The van der Waals surface area contributed by atoms with E-state index < -0.39 is 5.97 Å². The number of carbonyl (C=O) groups is 1. The first-order valence-corrected chi connectivity index (χ1v) is 7.61. The molecule has 6 heteroatoms. The zero-order valence-corrected chi connectivity index (χ0v) is 11.7. The standard InChI is InChI=1S/C13H17N3O2S/c1-8(6-11(17)18)7-19-13-15-14-12(9-2-3-9)16(13)10-4-5-10/h6,9-10H,2-5,7H2,1H3,(H,17,18). The Morgan fingerprint density at radius 2 is 2.16 bits per heavy atom. The highest BCUT2D eigenvalue weighted by Gasteiger charge is 2.36. The van der Waals surface area contributed by atoms with Gasteiger partial charge in [0.1, 0.15) is 5.82 Å². The number of aliphatic carboxylic acids is 1. The molecule has 1 aromatic heterocycles. The van der Waals surface area contributed by atoms with Gasteiger partial charge in [0, 0.05) is 23.8 Å². The summed E-state index contributed by atoms with van der Waals surface area (Å²) in [6.07, 6.45) is 6.15. The zero-order valence-electron chi connectivity index (χ0n) is 10.9. The van der Waals surface area contributed by atoms with E-state index in [0.717, 1.165) is 16.6 Å². The van der Waals surface area contributed by atoms with E-state index in [2.05, 4.69) is 14.8 Å². The van der Waals surface area contributed by atoms with Crippen LogP contribution in [0.25, 0.3) is 0 Å². The Balaban J connectivity index is 1.72. The first-order chi connectivity index (χ1) is 9.15. The molecule has 2 aliphatic rings. The molecular formula is C13H17N3O2S. The molecule has 2 fully saturated rings. The monoisotopic (exact) mass is 279 g/mol. The van der Waals surface area contributed by atoms with Crippen LogP contribution in [0.3, 0.4) is 0 Å². The second-order valence-corrected chi connectivity index (χ2v) is 6.28. The third-order valence-electron chi connectivity index (χ3n) is 3.34. The van der Waals surface area contributed by atoms with Crippen LogP contribution in [-0.4, -0.2) is 31.6 Å². The van der Waals surface area contributed by atoms with Crippen molar-refractivity contribution >= 4 is 17.7 Å². The number of rotatable bonds is 6.